The summed E-state index contributed by atoms with van der Waals surface area (Å²) in [4.78, 5) is 12.1. The van der Waals surface area contributed by atoms with Crippen molar-refractivity contribution in [1.29, 1.82) is 0 Å². The molecule has 0 aliphatic rings. The number of carbonyl (C=O) groups excluding carboxylic acids is 1. The van der Waals surface area contributed by atoms with E-state index in [-0.39, 0.29) is 17.4 Å². The molecule has 130 valence electrons. The first-order valence-corrected chi connectivity index (χ1v) is 8.37. The lowest BCUT2D eigenvalue weighted by molar-refractivity contribution is -0.121. The average Bonchev–Trinajstić information content (AvgIpc) is 2.46. The highest BCUT2D eigenvalue weighted by Gasteiger charge is 2.14. The average molecular weight is 321 g/mol. The zero-order valence-corrected chi connectivity index (χ0v) is 15.4. The quantitative estimate of drug-likeness (QED) is 0.767. The molecule has 1 N–H and O–H groups in total. The number of benzene rings is 1. The first-order chi connectivity index (χ1) is 10.8. The zero-order valence-electron chi connectivity index (χ0n) is 15.4. The number of methoxy groups -OCH3 is 1. The Morgan fingerprint density at radius 1 is 1.26 bits per heavy atom. The van der Waals surface area contributed by atoms with Crippen molar-refractivity contribution in [2.75, 3.05) is 13.7 Å². The molecule has 0 spiro atoms. The lowest BCUT2D eigenvalue weighted by Crippen LogP contribution is -2.26. The molecular weight excluding hydrogens is 290 g/mol. The number of ether oxygens (including phenoxy) is 2. The Labute approximate surface area is 140 Å². The van der Waals surface area contributed by atoms with Crippen LogP contribution in [0.4, 0.5) is 0 Å². The molecule has 1 unspecified atom stereocenters. The number of amides is 1. The van der Waals surface area contributed by atoms with Crippen molar-refractivity contribution in [2.24, 2.45) is 5.41 Å². The molecule has 1 atom stereocenters. The third-order valence-electron chi connectivity index (χ3n) is 3.70. The fourth-order valence-corrected chi connectivity index (χ4v) is 2.40. The van der Waals surface area contributed by atoms with Gasteiger partial charge >= 0.3 is 0 Å². The van der Waals surface area contributed by atoms with E-state index >= 15 is 0 Å². The monoisotopic (exact) mass is 321 g/mol. The Morgan fingerprint density at radius 3 is 2.52 bits per heavy atom. The summed E-state index contributed by atoms with van der Waals surface area (Å²) >= 11 is 0. The fraction of sp³-hybridized carbons (Fsp3) is 0.632. The normalized spacial score (nSPS) is 12.6. The summed E-state index contributed by atoms with van der Waals surface area (Å²) in [5.74, 6) is 1.51. The minimum atomic E-state index is -0.0540. The predicted molar refractivity (Wildman–Crippen MR) is 94.0 cm³/mol. The third kappa shape index (κ3) is 6.93. The van der Waals surface area contributed by atoms with Gasteiger partial charge in [0.15, 0.2) is 11.5 Å². The molecule has 23 heavy (non-hydrogen) atoms. The summed E-state index contributed by atoms with van der Waals surface area (Å²) in [5, 5.41) is 3.05. The van der Waals surface area contributed by atoms with Crippen molar-refractivity contribution in [3.05, 3.63) is 23.8 Å². The van der Waals surface area contributed by atoms with Crippen LogP contribution < -0.4 is 14.8 Å². The van der Waals surface area contributed by atoms with Crippen molar-refractivity contribution < 1.29 is 14.3 Å². The second-order valence-corrected chi connectivity index (χ2v) is 7.05. The lowest BCUT2D eigenvalue weighted by atomic mass is 9.90. The van der Waals surface area contributed by atoms with Gasteiger partial charge < -0.3 is 14.8 Å². The van der Waals surface area contributed by atoms with Crippen LogP contribution >= 0.6 is 0 Å². The Hall–Kier alpha value is -1.71. The van der Waals surface area contributed by atoms with E-state index in [9.17, 15) is 4.79 Å². The Balaban J connectivity index is 2.60. The number of carbonyl (C=O) groups is 1. The van der Waals surface area contributed by atoms with Gasteiger partial charge in [-0.2, -0.15) is 0 Å². The molecule has 4 nitrogen and oxygen atoms in total. The van der Waals surface area contributed by atoms with Crippen LogP contribution in [0.2, 0.25) is 0 Å². The van der Waals surface area contributed by atoms with E-state index in [4.69, 9.17) is 9.47 Å². The molecule has 1 aromatic rings. The Bertz CT molecular complexity index is 506. The standard InChI is InChI=1S/C19H31NO3/c1-7-23-16-11-10-15(13-17(16)22-6)14(2)20-18(21)9-8-12-19(3,4)5/h10-11,13-14H,7-9,12H2,1-6H3,(H,20,21). The van der Waals surface area contributed by atoms with Gasteiger partial charge in [-0.25, -0.2) is 0 Å². The molecule has 0 radical (unpaired) electrons. The molecule has 0 fully saturated rings. The van der Waals surface area contributed by atoms with E-state index in [0.717, 1.165) is 24.2 Å². The first-order valence-electron chi connectivity index (χ1n) is 8.37. The molecule has 0 aliphatic carbocycles. The van der Waals surface area contributed by atoms with Crippen LogP contribution in [-0.4, -0.2) is 19.6 Å². The molecular formula is C19H31NO3. The van der Waals surface area contributed by atoms with Crippen LogP contribution in [0, 0.1) is 5.41 Å². The highest BCUT2D eigenvalue weighted by Crippen LogP contribution is 2.30. The van der Waals surface area contributed by atoms with Gasteiger partial charge in [-0.1, -0.05) is 26.8 Å². The molecule has 0 bridgehead atoms. The predicted octanol–water partition coefficient (Wildman–Crippen LogP) is 4.49. The molecule has 0 aliphatic heterocycles. The fourth-order valence-electron chi connectivity index (χ4n) is 2.40. The van der Waals surface area contributed by atoms with E-state index < -0.39 is 0 Å². The van der Waals surface area contributed by atoms with E-state index in [1.54, 1.807) is 7.11 Å². The van der Waals surface area contributed by atoms with E-state index in [2.05, 4.69) is 26.1 Å². The number of hydrogen-bond donors (Lipinski definition) is 1. The minimum absolute atomic E-state index is 0.0540. The molecule has 4 heteroatoms. The lowest BCUT2D eigenvalue weighted by Gasteiger charge is -2.19. The summed E-state index contributed by atoms with van der Waals surface area (Å²) in [7, 11) is 1.62. The van der Waals surface area contributed by atoms with Crippen molar-refractivity contribution in [3.63, 3.8) is 0 Å². The first kappa shape index (κ1) is 19.3. The van der Waals surface area contributed by atoms with Crippen LogP contribution in [0.15, 0.2) is 18.2 Å². The van der Waals surface area contributed by atoms with Crippen LogP contribution in [0.1, 0.15) is 65.5 Å². The largest absolute Gasteiger partial charge is 0.493 e. The highest BCUT2D eigenvalue weighted by molar-refractivity contribution is 5.76. The highest BCUT2D eigenvalue weighted by atomic mass is 16.5. The van der Waals surface area contributed by atoms with Gasteiger partial charge in [0.05, 0.1) is 19.8 Å². The minimum Gasteiger partial charge on any atom is -0.493 e. The Morgan fingerprint density at radius 2 is 1.96 bits per heavy atom. The van der Waals surface area contributed by atoms with Crippen LogP contribution in [0.5, 0.6) is 11.5 Å². The van der Waals surface area contributed by atoms with Crippen molar-refractivity contribution >= 4 is 5.91 Å². The van der Waals surface area contributed by atoms with E-state index in [1.807, 2.05) is 32.0 Å². The maximum atomic E-state index is 12.1. The summed E-state index contributed by atoms with van der Waals surface area (Å²) in [6.07, 6.45) is 2.52. The van der Waals surface area contributed by atoms with Gasteiger partial charge in [-0.15, -0.1) is 0 Å². The van der Waals surface area contributed by atoms with Crippen molar-refractivity contribution in [2.45, 2.75) is 59.9 Å². The summed E-state index contributed by atoms with van der Waals surface area (Å²) < 4.78 is 10.9. The molecule has 0 saturated carbocycles. The van der Waals surface area contributed by atoms with Gasteiger partial charge in [0.2, 0.25) is 5.91 Å². The van der Waals surface area contributed by atoms with Gasteiger partial charge in [-0.3, -0.25) is 4.79 Å². The maximum absolute atomic E-state index is 12.1. The second-order valence-electron chi connectivity index (χ2n) is 7.05. The molecule has 1 rings (SSSR count). The van der Waals surface area contributed by atoms with Crippen LogP contribution in [-0.2, 0) is 4.79 Å². The van der Waals surface area contributed by atoms with Crippen LogP contribution in [0.25, 0.3) is 0 Å². The van der Waals surface area contributed by atoms with Gasteiger partial charge in [0.1, 0.15) is 0 Å². The van der Waals surface area contributed by atoms with Crippen molar-refractivity contribution in [1.82, 2.24) is 5.32 Å². The zero-order chi connectivity index (χ0) is 17.5. The van der Waals surface area contributed by atoms with Crippen molar-refractivity contribution in [3.8, 4) is 11.5 Å². The topological polar surface area (TPSA) is 47.6 Å². The molecule has 1 amide bonds. The van der Waals surface area contributed by atoms with Crippen LogP contribution in [0.3, 0.4) is 0 Å². The molecule has 1 aromatic carbocycles. The molecule has 0 heterocycles. The van der Waals surface area contributed by atoms with E-state index in [1.165, 1.54) is 0 Å². The number of hydrogen-bond acceptors (Lipinski definition) is 3. The maximum Gasteiger partial charge on any atom is 0.220 e. The number of rotatable bonds is 8. The summed E-state index contributed by atoms with van der Waals surface area (Å²) in [6.45, 7) is 11.1. The number of nitrogens with one attached hydrogen (secondary N) is 1. The van der Waals surface area contributed by atoms with E-state index in [0.29, 0.717) is 18.8 Å². The van der Waals surface area contributed by atoms with Gasteiger partial charge in [0, 0.05) is 6.42 Å². The third-order valence-corrected chi connectivity index (χ3v) is 3.70. The smallest absolute Gasteiger partial charge is 0.220 e. The summed E-state index contributed by atoms with van der Waals surface area (Å²) in [6, 6.07) is 5.72. The second kappa shape index (κ2) is 8.80. The molecule has 0 saturated heterocycles. The summed E-state index contributed by atoms with van der Waals surface area (Å²) in [5.41, 5.74) is 1.28. The molecule has 0 aromatic heterocycles. The SMILES string of the molecule is CCOc1ccc(C(C)NC(=O)CCCC(C)(C)C)cc1OC. The Kier molecular flexibility index (Phi) is 7.40. The van der Waals surface area contributed by atoms with Gasteiger partial charge in [0.25, 0.3) is 0 Å². The van der Waals surface area contributed by atoms with Gasteiger partial charge in [-0.05, 0) is 49.8 Å².